The molecule has 0 bridgehead atoms. The van der Waals surface area contributed by atoms with Crippen molar-refractivity contribution in [2.45, 2.75) is 58.0 Å². The van der Waals surface area contributed by atoms with Gasteiger partial charge in [0.05, 0.1) is 18.6 Å². The van der Waals surface area contributed by atoms with Crippen molar-refractivity contribution in [3.63, 3.8) is 0 Å². The second kappa shape index (κ2) is 4.61. The molecule has 0 aromatic heterocycles. The Morgan fingerprint density at radius 1 is 1.50 bits per heavy atom. The van der Waals surface area contributed by atoms with E-state index in [1.54, 1.807) is 6.92 Å². The Labute approximate surface area is 93.0 Å². The van der Waals surface area contributed by atoms with Crippen LogP contribution >= 0.6 is 0 Å². The third kappa shape index (κ3) is 2.87. The molecule has 0 radical (unpaired) electrons. The van der Waals surface area contributed by atoms with Gasteiger partial charge in [-0.25, -0.2) is 0 Å². The van der Waals surface area contributed by atoms with Crippen LogP contribution in [0.15, 0.2) is 0 Å². The first-order valence-corrected chi connectivity index (χ1v) is 5.41. The molecule has 3 atom stereocenters. The van der Waals surface area contributed by atoms with E-state index in [0.29, 0.717) is 6.42 Å². The number of hydrogen-bond donors (Lipinski definition) is 1. The average molecular weight is 238 g/mol. The molecule has 16 heavy (non-hydrogen) atoms. The maximum absolute atomic E-state index is 12.2. The summed E-state index contributed by atoms with van der Waals surface area (Å²) in [5.74, 6) is -0.230. The fourth-order valence-corrected chi connectivity index (χ4v) is 2.14. The number of nitrogens with zero attached hydrogens (tertiary/aromatic N) is 1. The Hall–Kier alpha value is -0.780. The normalized spacial score (nSPS) is 28.6. The number of amides is 1. The zero-order valence-electron chi connectivity index (χ0n) is 9.64. The van der Waals surface area contributed by atoms with E-state index in [1.165, 1.54) is 11.8 Å². The minimum Gasteiger partial charge on any atom is -0.323 e. The van der Waals surface area contributed by atoms with E-state index >= 15 is 0 Å². The first-order chi connectivity index (χ1) is 7.26. The van der Waals surface area contributed by atoms with Crippen molar-refractivity contribution >= 4 is 5.91 Å². The van der Waals surface area contributed by atoms with E-state index in [1.807, 2.05) is 6.92 Å². The first kappa shape index (κ1) is 13.3. The lowest BCUT2D eigenvalue weighted by Gasteiger charge is -2.28. The van der Waals surface area contributed by atoms with Crippen LogP contribution in [0.1, 0.15) is 33.6 Å². The van der Waals surface area contributed by atoms with Crippen LogP contribution in [0, 0.1) is 0 Å². The van der Waals surface area contributed by atoms with Crippen molar-refractivity contribution < 1.29 is 18.0 Å². The summed E-state index contributed by atoms with van der Waals surface area (Å²) in [6.45, 7) is 4.97. The largest absolute Gasteiger partial charge is 0.391 e. The Bertz CT molecular complexity index is 267. The van der Waals surface area contributed by atoms with Crippen molar-refractivity contribution in [3.05, 3.63) is 0 Å². The Balaban J connectivity index is 2.69. The summed E-state index contributed by atoms with van der Waals surface area (Å²) in [6.07, 6.45) is -4.92. The van der Waals surface area contributed by atoms with Gasteiger partial charge in [-0.1, -0.05) is 6.92 Å². The molecular weight excluding hydrogens is 221 g/mol. The number of halogens is 3. The number of hydrogen-bond acceptors (Lipinski definition) is 2. The van der Waals surface area contributed by atoms with Crippen LogP contribution in [0.3, 0.4) is 0 Å². The lowest BCUT2D eigenvalue weighted by molar-refractivity contribution is -0.153. The molecule has 0 aromatic carbocycles. The number of carbonyl (C=O) groups is 1. The summed E-state index contributed by atoms with van der Waals surface area (Å²) in [7, 11) is 0. The smallest absolute Gasteiger partial charge is 0.323 e. The van der Waals surface area contributed by atoms with Crippen molar-refractivity contribution in [1.29, 1.82) is 0 Å². The predicted octanol–water partition coefficient (Wildman–Crippen LogP) is 1.88. The third-order valence-electron chi connectivity index (χ3n) is 2.82. The highest BCUT2D eigenvalue weighted by Crippen LogP contribution is 2.26. The van der Waals surface area contributed by atoms with Gasteiger partial charge in [0.2, 0.25) is 5.91 Å². The van der Waals surface area contributed by atoms with E-state index in [0.717, 1.165) is 0 Å². The molecule has 3 unspecified atom stereocenters. The molecule has 6 heteroatoms. The summed E-state index contributed by atoms with van der Waals surface area (Å²) in [5.41, 5.74) is 0. The Kier molecular flexibility index (Phi) is 3.83. The fourth-order valence-electron chi connectivity index (χ4n) is 2.14. The summed E-state index contributed by atoms with van der Waals surface area (Å²) in [4.78, 5) is 13.1. The molecule has 0 spiro atoms. The molecule has 1 aliphatic rings. The van der Waals surface area contributed by atoms with Gasteiger partial charge in [0.1, 0.15) is 0 Å². The highest BCUT2D eigenvalue weighted by atomic mass is 19.4. The lowest BCUT2D eigenvalue weighted by Crippen LogP contribution is -2.43. The molecule has 0 aliphatic carbocycles. The van der Waals surface area contributed by atoms with Gasteiger partial charge in [-0.15, -0.1) is 0 Å². The van der Waals surface area contributed by atoms with Crippen molar-refractivity contribution in [1.82, 2.24) is 10.2 Å². The molecule has 1 rings (SSSR count). The number of nitrogens with one attached hydrogen (secondary N) is 1. The molecule has 1 fully saturated rings. The van der Waals surface area contributed by atoms with Crippen LogP contribution < -0.4 is 5.32 Å². The summed E-state index contributed by atoms with van der Waals surface area (Å²) in [5, 5.41) is 2.98. The Morgan fingerprint density at radius 3 is 2.44 bits per heavy atom. The molecule has 1 amide bonds. The zero-order chi connectivity index (χ0) is 12.5. The SMILES string of the molecule is CCC1NC(C)N(C(C)CC(F)(F)F)C1=O. The van der Waals surface area contributed by atoms with E-state index in [2.05, 4.69) is 5.32 Å². The first-order valence-electron chi connectivity index (χ1n) is 5.41. The van der Waals surface area contributed by atoms with E-state index in [4.69, 9.17) is 0 Å². The second-order valence-corrected chi connectivity index (χ2v) is 4.22. The molecule has 0 aromatic rings. The van der Waals surface area contributed by atoms with Crippen molar-refractivity contribution in [2.24, 2.45) is 0 Å². The van der Waals surface area contributed by atoms with Crippen molar-refractivity contribution in [3.8, 4) is 0 Å². The number of rotatable bonds is 3. The van der Waals surface area contributed by atoms with Crippen LogP contribution in [0.5, 0.6) is 0 Å². The topological polar surface area (TPSA) is 32.3 Å². The van der Waals surface area contributed by atoms with Gasteiger partial charge in [-0.3, -0.25) is 10.1 Å². The summed E-state index contributed by atoms with van der Waals surface area (Å²) in [6, 6.07) is -1.16. The van der Waals surface area contributed by atoms with Gasteiger partial charge < -0.3 is 4.90 Å². The minimum atomic E-state index is -4.23. The molecule has 1 aliphatic heterocycles. The molecule has 0 saturated carbocycles. The van der Waals surface area contributed by atoms with Crippen molar-refractivity contribution in [2.75, 3.05) is 0 Å². The van der Waals surface area contributed by atoms with Gasteiger partial charge in [0.25, 0.3) is 0 Å². The van der Waals surface area contributed by atoms with E-state index in [-0.39, 0.29) is 18.1 Å². The maximum atomic E-state index is 12.2. The van der Waals surface area contributed by atoms with Crippen LogP contribution in [0.4, 0.5) is 13.2 Å². The van der Waals surface area contributed by atoms with Gasteiger partial charge in [-0.2, -0.15) is 13.2 Å². The second-order valence-electron chi connectivity index (χ2n) is 4.22. The van der Waals surface area contributed by atoms with Gasteiger partial charge in [-0.05, 0) is 20.3 Å². The minimum absolute atomic E-state index is 0.230. The van der Waals surface area contributed by atoms with Gasteiger partial charge in [0, 0.05) is 6.04 Å². The number of carbonyl (C=O) groups excluding carboxylic acids is 1. The standard InChI is InChI=1S/C10H17F3N2O/c1-4-8-9(16)15(7(3)14-8)6(2)5-10(11,12)13/h6-8,14H,4-5H2,1-3H3. The highest BCUT2D eigenvalue weighted by molar-refractivity contribution is 5.84. The molecule has 94 valence electrons. The fraction of sp³-hybridized carbons (Fsp3) is 0.900. The summed E-state index contributed by atoms with van der Waals surface area (Å²) < 4.78 is 36.7. The molecular formula is C10H17F3N2O. The van der Waals surface area contributed by atoms with Gasteiger partial charge in [0.15, 0.2) is 0 Å². The number of alkyl halides is 3. The zero-order valence-corrected chi connectivity index (χ0v) is 9.64. The van der Waals surface area contributed by atoms with Crippen LogP contribution in [-0.4, -0.2) is 35.2 Å². The van der Waals surface area contributed by atoms with Crippen LogP contribution in [-0.2, 0) is 4.79 Å². The quantitative estimate of drug-likeness (QED) is 0.814. The van der Waals surface area contributed by atoms with Crippen LogP contribution in [0.25, 0.3) is 0 Å². The molecule has 1 N–H and O–H groups in total. The van der Waals surface area contributed by atoms with E-state index in [9.17, 15) is 18.0 Å². The predicted molar refractivity (Wildman–Crippen MR) is 53.7 cm³/mol. The maximum Gasteiger partial charge on any atom is 0.391 e. The monoisotopic (exact) mass is 238 g/mol. The highest BCUT2D eigenvalue weighted by Gasteiger charge is 2.41. The van der Waals surface area contributed by atoms with Crippen LogP contribution in [0.2, 0.25) is 0 Å². The van der Waals surface area contributed by atoms with Gasteiger partial charge >= 0.3 is 6.18 Å². The lowest BCUT2D eigenvalue weighted by atomic mass is 10.1. The molecule has 1 heterocycles. The average Bonchev–Trinajstić information content (AvgIpc) is 2.38. The molecule has 1 saturated heterocycles. The van der Waals surface area contributed by atoms with E-state index < -0.39 is 18.6 Å². The summed E-state index contributed by atoms with van der Waals surface area (Å²) >= 11 is 0. The third-order valence-corrected chi connectivity index (χ3v) is 2.82. The Morgan fingerprint density at radius 2 is 2.06 bits per heavy atom. The molecule has 3 nitrogen and oxygen atoms in total.